The summed E-state index contributed by atoms with van der Waals surface area (Å²) in [6, 6.07) is 0. The van der Waals surface area contributed by atoms with Crippen LogP contribution in [0.25, 0.3) is 6.08 Å². The van der Waals surface area contributed by atoms with Crippen molar-refractivity contribution < 1.29 is 14.0 Å². The standard InChI is InChI=1S/C18H32N2O3Si/c1-8-22-14-20-13-16(19-17(20)15(2)21)11-9-10-12-23-24(6,7)18(3,4)5/h9,11,13H,8,10,12,14H2,1-7H3/b11-9-. The van der Waals surface area contributed by atoms with Gasteiger partial charge in [0.15, 0.2) is 19.9 Å². The molecular formula is C18H32N2O3Si. The predicted molar refractivity (Wildman–Crippen MR) is 101 cm³/mol. The number of Topliss-reactive ketones (excluding diaryl/α,β-unsaturated/α-hetero) is 1. The lowest BCUT2D eigenvalue weighted by atomic mass is 10.2. The van der Waals surface area contributed by atoms with E-state index in [2.05, 4.69) is 38.8 Å². The third-order valence-corrected chi connectivity index (χ3v) is 8.92. The predicted octanol–water partition coefficient (Wildman–Crippen LogP) is 4.50. The first kappa shape index (κ1) is 20.8. The second-order valence-corrected chi connectivity index (χ2v) is 12.2. The zero-order chi connectivity index (χ0) is 18.4. The van der Waals surface area contributed by atoms with E-state index in [1.54, 1.807) is 4.57 Å². The molecule has 0 saturated carbocycles. The molecule has 6 heteroatoms. The van der Waals surface area contributed by atoms with Gasteiger partial charge < -0.3 is 13.7 Å². The van der Waals surface area contributed by atoms with Crippen LogP contribution >= 0.6 is 0 Å². The zero-order valence-corrected chi connectivity index (χ0v) is 17.2. The monoisotopic (exact) mass is 352 g/mol. The van der Waals surface area contributed by atoms with E-state index in [0.29, 0.717) is 25.8 Å². The van der Waals surface area contributed by atoms with E-state index in [-0.39, 0.29) is 10.8 Å². The van der Waals surface area contributed by atoms with E-state index in [0.717, 1.165) is 12.1 Å². The van der Waals surface area contributed by atoms with Crippen molar-refractivity contribution in [1.82, 2.24) is 9.55 Å². The molecule has 0 atom stereocenters. The molecule has 24 heavy (non-hydrogen) atoms. The van der Waals surface area contributed by atoms with E-state index in [1.807, 2.05) is 25.3 Å². The van der Waals surface area contributed by atoms with Crippen molar-refractivity contribution in [3.63, 3.8) is 0 Å². The third-order valence-electron chi connectivity index (χ3n) is 4.39. The van der Waals surface area contributed by atoms with Crippen molar-refractivity contribution in [3.05, 3.63) is 23.8 Å². The quantitative estimate of drug-likeness (QED) is 0.373. The van der Waals surface area contributed by atoms with Crippen LogP contribution in [0.1, 0.15) is 57.4 Å². The molecule has 1 rings (SSSR count). The molecule has 0 unspecified atom stereocenters. The molecule has 0 aliphatic carbocycles. The van der Waals surface area contributed by atoms with Crippen LogP contribution in [0, 0.1) is 0 Å². The molecule has 5 nitrogen and oxygen atoms in total. The Kier molecular flexibility index (Phi) is 7.57. The van der Waals surface area contributed by atoms with Crippen LogP contribution in [0.4, 0.5) is 0 Å². The molecular weight excluding hydrogens is 320 g/mol. The van der Waals surface area contributed by atoms with Crippen LogP contribution in [0.2, 0.25) is 18.1 Å². The van der Waals surface area contributed by atoms with Crippen LogP contribution in [-0.4, -0.2) is 36.9 Å². The Bertz CT molecular complexity index is 571. The highest BCUT2D eigenvalue weighted by atomic mass is 28.4. The number of nitrogens with zero attached hydrogens (tertiary/aromatic N) is 2. The van der Waals surface area contributed by atoms with Crippen LogP contribution in [0.3, 0.4) is 0 Å². The van der Waals surface area contributed by atoms with Crippen LogP contribution in [0.5, 0.6) is 0 Å². The second-order valence-electron chi connectivity index (χ2n) is 7.44. The lowest BCUT2D eigenvalue weighted by Crippen LogP contribution is -2.40. The van der Waals surface area contributed by atoms with Crippen molar-refractivity contribution >= 4 is 20.2 Å². The summed E-state index contributed by atoms with van der Waals surface area (Å²) in [7, 11) is -1.68. The van der Waals surface area contributed by atoms with Crippen LogP contribution < -0.4 is 0 Å². The first-order chi connectivity index (χ1) is 11.1. The van der Waals surface area contributed by atoms with Gasteiger partial charge in [-0.1, -0.05) is 26.8 Å². The van der Waals surface area contributed by atoms with Crippen molar-refractivity contribution in [2.45, 2.75) is 65.9 Å². The van der Waals surface area contributed by atoms with Crippen molar-refractivity contribution in [2.75, 3.05) is 13.2 Å². The summed E-state index contributed by atoms with van der Waals surface area (Å²) in [5, 5.41) is 0.227. The number of hydrogen-bond acceptors (Lipinski definition) is 4. The molecule has 0 bridgehead atoms. The number of rotatable bonds is 9. The molecule has 0 N–H and O–H groups in total. The average Bonchev–Trinajstić information content (AvgIpc) is 2.86. The summed E-state index contributed by atoms with van der Waals surface area (Å²) >= 11 is 0. The zero-order valence-electron chi connectivity index (χ0n) is 16.2. The highest BCUT2D eigenvalue weighted by Crippen LogP contribution is 2.36. The Labute approximate surface area is 147 Å². The number of aromatic nitrogens is 2. The van der Waals surface area contributed by atoms with Crippen molar-refractivity contribution in [3.8, 4) is 0 Å². The minimum absolute atomic E-state index is 0.0596. The Morgan fingerprint density at radius 3 is 2.58 bits per heavy atom. The Hall–Kier alpha value is -1.24. The molecule has 0 aliphatic rings. The van der Waals surface area contributed by atoms with Gasteiger partial charge in [-0.25, -0.2) is 4.98 Å². The summed E-state index contributed by atoms with van der Waals surface area (Å²) in [5.41, 5.74) is 0.771. The van der Waals surface area contributed by atoms with Gasteiger partial charge >= 0.3 is 0 Å². The largest absolute Gasteiger partial charge is 0.417 e. The normalized spacial score (nSPS) is 13.0. The molecule has 0 amide bonds. The van der Waals surface area contributed by atoms with Gasteiger partial charge in [0.2, 0.25) is 0 Å². The highest BCUT2D eigenvalue weighted by molar-refractivity contribution is 6.74. The summed E-state index contributed by atoms with van der Waals surface area (Å²) in [5.74, 6) is 0.372. The molecule has 136 valence electrons. The lowest BCUT2D eigenvalue weighted by Gasteiger charge is -2.36. The van der Waals surface area contributed by atoms with Gasteiger partial charge in [-0.15, -0.1) is 0 Å². The fourth-order valence-corrected chi connectivity index (χ4v) is 2.95. The fourth-order valence-electron chi connectivity index (χ4n) is 1.89. The lowest BCUT2D eigenvalue weighted by molar-refractivity contribution is 0.0810. The molecule has 1 heterocycles. The molecule has 1 aromatic rings. The average molecular weight is 353 g/mol. The van der Waals surface area contributed by atoms with E-state index in [4.69, 9.17) is 9.16 Å². The van der Waals surface area contributed by atoms with Crippen LogP contribution in [0.15, 0.2) is 12.3 Å². The molecule has 0 spiro atoms. The van der Waals surface area contributed by atoms with E-state index >= 15 is 0 Å². The number of hydrogen-bond donors (Lipinski definition) is 0. The first-order valence-corrected chi connectivity index (χ1v) is 11.5. The highest BCUT2D eigenvalue weighted by Gasteiger charge is 2.36. The molecule has 0 aliphatic heterocycles. The van der Waals surface area contributed by atoms with Gasteiger partial charge in [0.1, 0.15) is 6.73 Å². The second kappa shape index (κ2) is 8.74. The maximum Gasteiger partial charge on any atom is 0.195 e. The van der Waals surface area contributed by atoms with Gasteiger partial charge in [0, 0.05) is 26.3 Å². The molecule has 0 aromatic carbocycles. The SMILES string of the molecule is CCOCn1cc(/C=C\CCO[Si](C)(C)C(C)(C)C)nc1C(C)=O. The maximum atomic E-state index is 11.6. The first-order valence-electron chi connectivity index (χ1n) is 8.55. The van der Waals surface area contributed by atoms with E-state index in [1.165, 1.54) is 6.92 Å². The Morgan fingerprint density at radius 2 is 2.04 bits per heavy atom. The number of ether oxygens (including phenoxy) is 1. The Morgan fingerprint density at radius 1 is 1.38 bits per heavy atom. The summed E-state index contributed by atoms with van der Waals surface area (Å²) < 4.78 is 13.3. The third kappa shape index (κ3) is 6.00. The van der Waals surface area contributed by atoms with Crippen molar-refractivity contribution in [1.29, 1.82) is 0 Å². The van der Waals surface area contributed by atoms with Gasteiger partial charge in [-0.2, -0.15) is 0 Å². The van der Waals surface area contributed by atoms with E-state index in [9.17, 15) is 4.79 Å². The summed E-state index contributed by atoms with van der Waals surface area (Å²) in [4.78, 5) is 16.0. The molecule has 1 aromatic heterocycles. The summed E-state index contributed by atoms with van der Waals surface area (Å²) in [6.45, 7) is 16.3. The van der Waals surface area contributed by atoms with Gasteiger partial charge in [-0.3, -0.25) is 4.79 Å². The van der Waals surface area contributed by atoms with Crippen molar-refractivity contribution in [2.24, 2.45) is 0 Å². The van der Waals surface area contributed by atoms with Gasteiger partial charge in [0.25, 0.3) is 0 Å². The van der Waals surface area contributed by atoms with E-state index < -0.39 is 8.32 Å². The topological polar surface area (TPSA) is 53.4 Å². The Balaban J connectivity index is 2.60. The smallest absolute Gasteiger partial charge is 0.195 e. The van der Waals surface area contributed by atoms with Gasteiger partial charge in [0.05, 0.1) is 5.69 Å². The number of carbonyl (C=O) groups excluding carboxylic acids is 1. The minimum Gasteiger partial charge on any atom is -0.417 e. The number of imidazole rings is 1. The molecule has 0 radical (unpaired) electrons. The number of carbonyl (C=O) groups is 1. The fraction of sp³-hybridized carbons (Fsp3) is 0.667. The van der Waals surface area contributed by atoms with Crippen LogP contribution in [-0.2, 0) is 15.9 Å². The summed E-state index contributed by atoms with van der Waals surface area (Å²) in [6.07, 6.45) is 6.66. The molecule has 0 fully saturated rings. The van der Waals surface area contributed by atoms with Gasteiger partial charge in [-0.05, 0) is 37.6 Å². The minimum atomic E-state index is -1.68. The molecule has 0 saturated heterocycles. The number of ketones is 1. The maximum absolute atomic E-state index is 11.6.